The van der Waals surface area contributed by atoms with E-state index in [0.29, 0.717) is 48.9 Å². The fourth-order valence-corrected chi connectivity index (χ4v) is 9.13. The van der Waals surface area contributed by atoms with E-state index < -0.39 is 73.7 Å². The molecule has 5 aliphatic rings. The Morgan fingerprint density at radius 3 is 2.56 bits per heavy atom. The normalized spacial score (nSPS) is 29.1. The number of Topliss-reactive ketones (excluding diaryl/α,β-unsaturated/α-hetero) is 1. The number of anilines is 1. The summed E-state index contributed by atoms with van der Waals surface area (Å²) >= 11 is 0. The van der Waals surface area contributed by atoms with E-state index in [-0.39, 0.29) is 44.8 Å². The molecule has 3 heterocycles. The molecule has 3 fully saturated rings. The van der Waals surface area contributed by atoms with Crippen LogP contribution in [0.25, 0.3) is 0 Å². The van der Waals surface area contributed by atoms with Gasteiger partial charge in [0.2, 0.25) is 21.8 Å². The largest absolute Gasteiger partial charge is 0.444 e. The third kappa shape index (κ3) is 7.18. The maximum absolute atomic E-state index is 14.4. The molecule has 0 aromatic heterocycles. The Kier molecular flexibility index (Phi) is 9.64. The molecule has 278 valence electrons. The van der Waals surface area contributed by atoms with Gasteiger partial charge in [0.1, 0.15) is 23.8 Å². The van der Waals surface area contributed by atoms with E-state index in [9.17, 15) is 36.4 Å². The van der Waals surface area contributed by atoms with E-state index in [0.717, 1.165) is 12.8 Å². The van der Waals surface area contributed by atoms with E-state index in [1.54, 1.807) is 25.1 Å². The van der Waals surface area contributed by atoms with Crippen LogP contribution in [0.2, 0.25) is 0 Å². The van der Waals surface area contributed by atoms with Crippen LogP contribution in [0.3, 0.4) is 0 Å². The van der Waals surface area contributed by atoms with Crippen molar-refractivity contribution < 1.29 is 41.1 Å². The third-order valence-electron chi connectivity index (χ3n) is 11.5. The van der Waals surface area contributed by atoms with E-state index in [4.69, 9.17) is 4.74 Å². The van der Waals surface area contributed by atoms with Gasteiger partial charge in [0, 0.05) is 30.6 Å². The fraction of sp³-hybridized carbons (Fsp3) is 0.526. The molecule has 0 radical (unpaired) electrons. The predicted octanol–water partition coefficient (Wildman–Crippen LogP) is 5.35. The van der Waals surface area contributed by atoms with Crippen LogP contribution >= 0.6 is 0 Å². The molecule has 11 nitrogen and oxygen atoms in total. The zero-order valence-electron chi connectivity index (χ0n) is 29.1. The molecular formula is C38H44F2N4O7S. The predicted molar refractivity (Wildman–Crippen MR) is 187 cm³/mol. The number of sulfonamides is 1. The van der Waals surface area contributed by atoms with Gasteiger partial charge in [-0.3, -0.25) is 24.0 Å². The number of carbonyl (C=O) groups is 4. The average molecular weight is 739 g/mol. The van der Waals surface area contributed by atoms with Gasteiger partial charge in [0.25, 0.3) is 0 Å². The number of benzene rings is 2. The number of carbonyl (C=O) groups excluding carboxylic acids is 4. The maximum Gasteiger partial charge on any atom is 0.410 e. The number of rotatable bonds is 6. The second kappa shape index (κ2) is 13.9. The van der Waals surface area contributed by atoms with Crippen molar-refractivity contribution in [3.05, 3.63) is 77.4 Å². The standard InChI is InChI=1S/C38H44F2N4O7S/c1-37(15-16-37)52(49,50)42-35(47)38-19-25(38)10-5-3-2-4-6-14-31(41-27-12-8-11-26(39)17-27)34(46)44-22-28(18-32(44)33(45)20-38)51-36(48)43-21-24-9-7-13-30(40)29(24)23-43/h5,7-13,17,25,28,31-32,41H,2-4,6,14-16,18-23H2,1H3,(H,42,47)/b10-5-/t25-,28-,31+,32+,38-/m1/s1. The number of fused-ring (bicyclic) bond motifs is 3. The van der Waals surface area contributed by atoms with Crippen molar-refractivity contribution in [3.8, 4) is 0 Å². The van der Waals surface area contributed by atoms with Crippen molar-refractivity contribution in [2.24, 2.45) is 11.3 Å². The number of allylic oxidation sites excluding steroid dienone is 2. The number of ketones is 1. The van der Waals surface area contributed by atoms with E-state index in [1.807, 2.05) is 12.2 Å². The van der Waals surface area contributed by atoms with Gasteiger partial charge >= 0.3 is 6.09 Å². The Labute approximate surface area is 302 Å². The molecular weight excluding hydrogens is 695 g/mol. The molecule has 2 aromatic carbocycles. The van der Waals surface area contributed by atoms with Gasteiger partial charge in [-0.05, 0) is 81.2 Å². The van der Waals surface area contributed by atoms with Crippen LogP contribution in [-0.2, 0) is 42.2 Å². The molecule has 3 amide bonds. The van der Waals surface area contributed by atoms with Gasteiger partial charge in [-0.25, -0.2) is 22.0 Å². The van der Waals surface area contributed by atoms with Crippen LogP contribution in [0, 0.1) is 23.0 Å². The summed E-state index contributed by atoms with van der Waals surface area (Å²) in [6.45, 7) is 1.65. The van der Waals surface area contributed by atoms with Gasteiger partial charge < -0.3 is 15.0 Å². The van der Waals surface area contributed by atoms with E-state index in [1.165, 1.54) is 34.1 Å². The molecule has 1 saturated heterocycles. The van der Waals surface area contributed by atoms with Crippen LogP contribution < -0.4 is 10.0 Å². The molecule has 2 saturated carbocycles. The third-order valence-corrected chi connectivity index (χ3v) is 13.6. The Hall–Kier alpha value is -4.33. The molecule has 0 bridgehead atoms. The Morgan fingerprint density at radius 1 is 1.02 bits per heavy atom. The lowest BCUT2D eigenvalue weighted by atomic mass is 9.91. The molecule has 2 N–H and O–H groups in total. The van der Waals surface area contributed by atoms with Crippen LogP contribution in [0.15, 0.2) is 54.6 Å². The highest BCUT2D eigenvalue weighted by atomic mass is 32.2. The fourth-order valence-electron chi connectivity index (χ4n) is 7.79. The number of hydrogen-bond donors (Lipinski definition) is 2. The lowest BCUT2D eigenvalue weighted by Gasteiger charge is -2.30. The highest BCUT2D eigenvalue weighted by Crippen LogP contribution is 2.57. The second-order valence-electron chi connectivity index (χ2n) is 15.2. The quantitative estimate of drug-likeness (QED) is 0.378. The highest BCUT2D eigenvalue weighted by molar-refractivity contribution is 7.91. The number of halogens is 2. The van der Waals surface area contributed by atoms with Crippen LogP contribution in [-0.4, -0.2) is 71.4 Å². The van der Waals surface area contributed by atoms with Gasteiger partial charge in [-0.15, -0.1) is 0 Å². The summed E-state index contributed by atoms with van der Waals surface area (Å²) in [6.07, 6.45) is 6.44. The molecule has 14 heteroatoms. The van der Waals surface area contributed by atoms with E-state index in [2.05, 4.69) is 10.0 Å². The molecule has 2 aromatic rings. The van der Waals surface area contributed by atoms with Crippen molar-refractivity contribution in [2.75, 3.05) is 11.9 Å². The lowest BCUT2D eigenvalue weighted by Crippen LogP contribution is -2.49. The number of ether oxygens (including phenoxy) is 1. The SMILES string of the molecule is CC1(S(=O)(=O)NC(=O)[C@]23CC(=O)[C@@H]4C[C@@H](OC(=O)N5Cc6cccc(F)c6C5)CN4C(=O)[C@@H](Nc4cccc(F)c4)CCCCC/C=C\[C@@H]2C3)CC1. The summed E-state index contributed by atoms with van der Waals surface area (Å²) in [5, 5.41) is 3.16. The molecule has 52 heavy (non-hydrogen) atoms. The first-order chi connectivity index (χ1) is 24.8. The zero-order chi connectivity index (χ0) is 36.8. The minimum atomic E-state index is -3.97. The minimum Gasteiger partial charge on any atom is -0.444 e. The summed E-state index contributed by atoms with van der Waals surface area (Å²) in [4.78, 5) is 58.7. The van der Waals surface area contributed by atoms with Gasteiger partial charge in [0.05, 0.1) is 29.3 Å². The Balaban J connectivity index is 1.15. The summed E-state index contributed by atoms with van der Waals surface area (Å²) < 4.78 is 61.9. The minimum absolute atomic E-state index is 0.0205. The number of hydrogen-bond acceptors (Lipinski definition) is 8. The average Bonchev–Trinajstić information content (AvgIpc) is 3.89. The van der Waals surface area contributed by atoms with E-state index >= 15 is 0 Å². The van der Waals surface area contributed by atoms with Crippen molar-refractivity contribution in [1.29, 1.82) is 0 Å². The monoisotopic (exact) mass is 738 g/mol. The summed E-state index contributed by atoms with van der Waals surface area (Å²) in [5.41, 5.74) is 0.165. The summed E-state index contributed by atoms with van der Waals surface area (Å²) in [5.74, 6) is -2.85. The molecule has 0 spiro atoms. The second-order valence-corrected chi connectivity index (χ2v) is 17.4. The molecule has 7 rings (SSSR count). The first-order valence-electron chi connectivity index (χ1n) is 18.1. The first kappa shape index (κ1) is 36.0. The van der Waals surface area contributed by atoms with Crippen LogP contribution in [0.4, 0.5) is 19.3 Å². The number of nitrogens with zero attached hydrogens (tertiary/aromatic N) is 2. The van der Waals surface area contributed by atoms with Gasteiger partial charge in [-0.1, -0.05) is 43.2 Å². The van der Waals surface area contributed by atoms with Gasteiger partial charge in [-0.2, -0.15) is 0 Å². The first-order valence-corrected chi connectivity index (χ1v) is 19.6. The van der Waals surface area contributed by atoms with Crippen molar-refractivity contribution in [2.45, 2.75) is 107 Å². The number of nitrogens with one attached hydrogen (secondary N) is 2. The molecule has 5 atom stereocenters. The highest BCUT2D eigenvalue weighted by Gasteiger charge is 2.62. The molecule has 0 unspecified atom stereocenters. The summed E-state index contributed by atoms with van der Waals surface area (Å²) in [7, 11) is -3.97. The summed E-state index contributed by atoms with van der Waals surface area (Å²) in [6, 6.07) is 8.49. The topological polar surface area (TPSA) is 142 Å². The van der Waals surface area contributed by atoms with Crippen LogP contribution in [0.5, 0.6) is 0 Å². The Morgan fingerprint density at radius 2 is 1.81 bits per heavy atom. The zero-order valence-corrected chi connectivity index (χ0v) is 29.9. The van der Waals surface area contributed by atoms with Crippen molar-refractivity contribution in [3.63, 3.8) is 0 Å². The molecule has 2 aliphatic carbocycles. The van der Waals surface area contributed by atoms with Crippen LogP contribution in [0.1, 0.15) is 82.3 Å². The maximum atomic E-state index is 14.4. The Bertz CT molecular complexity index is 1920. The lowest BCUT2D eigenvalue weighted by molar-refractivity contribution is -0.139. The molecule has 3 aliphatic heterocycles. The van der Waals surface area contributed by atoms with Crippen molar-refractivity contribution >= 4 is 39.4 Å². The van der Waals surface area contributed by atoms with Gasteiger partial charge in [0.15, 0.2) is 5.78 Å². The smallest absolute Gasteiger partial charge is 0.410 e. The van der Waals surface area contributed by atoms with Crippen molar-refractivity contribution in [1.82, 2.24) is 14.5 Å². The number of amides is 3.